The molecule has 0 fully saturated rings. The van der Waals surface area contributed by atoms with Gasteiger partial charge < -0.3 is 9.84 Å². The molecule has 5 nitrogen and oxygen atoms in total. The van der Waals surface area contributed by atoms with Crippen molar-refractivity contribution in [3.63, 3.8) is 0 Å². The van der Waals surface area contributed by atoms with Crippen molar-refractivity contribution >= 4 is 5.91 Å². The number of para-hydroxylation sites is 1. The van der Waals surface area contributed by atoms with Crippen LogP contribution in [0.2, 0.25) is 0 Å². The lowest BCUT2D eigenvalue weighted by atomic mass is 10.1. The first-order valence-electron chi connectivity index (χ1n) is 5.58. The Kier molecular flexibility index (Phi) is 5.45. The summed E-state index contributed by atoms with van der Waals surface area (Å²) in [5.41, 5.74) is 2.73. The number of hydrogen-bond donors (Lipinski definition) is 3. The molecule has 0 saturated carbocycles. The van der Waals surface area contributed by atoms with Gasteiger partial charge in [0.2, 0.25) is 0 Å². The second-order valence-corrected chi connectivity index (χ2v) is 3.67. The topological polar surface area (TPSA) is 84.6 Å². The molecule has 0 aliphatic rings. The minimum Gasteiger partial charge on any atom is -0.480 e. The molecule has 17 heavy (non-hydrogen) atoms. The number of carbonyl (C=O) groups excluding carboxylic acids is 1. The highest BCUT2D eigenvalue weighted by Crippen LogP contribution is 2.20. The van der Waals surface area contributed by atoms with Crippen LogP contribution in [0.1, 0.15) is 25.3 Å². The number of nitrogens with one attached hydrogen (secondary N) is 1. The Morgan fingerprint density at radius 3 is 2.82 bits per heavy atom. The Morgan fingerprint density at radius 1 is 1.53 bits per heavy atom. The van der Waals surface area contributed by atoms with Gasteiger partial charge in [-0.1, -0.05) is 31.5 Å². The Hall–Kier alpha value is -1.59. The zero-order valence-electron chi connectivity index (χ0n) is 9.85. The molecule has 0 radical (unpaired) electrons. The van der Waals surface area contributed by atoms with E-state index in [2.05, 4.69) is 5.43 Å². The number of benzene rings is 1. The lowest BCUT2D eigenvalue weighted by Gasteiger charge is -2.18. The number of carbonyl (C=O) groups is 1. The molecule has 1 unspecified atom stereocenters. The van der Waals surface area contributed by atoms with E-state index in [0.29, 0.717) is 17.7 Å². The van der Waals surface area contributed by atoms with E-state index < -0.39 is 6.10 Å². The third-order valence-corrected chi connectivity index (χ3v) is 2.40. The summed E-state index contributed by atoms with van der Waals surface area (Å²) in [6, 6.07) is 7.06. The second kappa shape index (κ2) is 6.88. The van der Waals surface area contributed by atoms with Gasteiger partial charge in [-0.05, 0) is 12.5 Å². The van der Waals surface area contributed by atoms with E-state index in [0.717, 1.165) is 6.42 Å². The quantitative estimate of drug-likeness (QED) is 0.387. The Balaban J connectivity index is 2.81. The number of rotatable bonds is 6. The van der Waals surface area contributed by atoms with Gasteiger partial charge in [0.15, 0.2) is 6.10 Å². The summed E-state index contributed by atoms with van der Waals surface area (Å²) in [7, 11) is 0. The number of aliphatic hydroxyl groups excluding tert-OH is 1. The largest absolute Gasteiger partial charge is 0.480 e. The minimum atomic E-state index is -0.627. The van der Waals surface area contributed by atoms with E-state index >= 15 is 0 Å². The van der Waals surface area contributed by atoms with Crippen molar-refractivity contribution in [1.29, 1.82) is 0 Å². The van der Waals surface area contributed by atoms with Crippen molar-refractivity contribution in [2.75, 3.05) is 0 Å². The number of nitrogens with two attached hydrogens (primary N) is 1. The van der Waals surface area contributed by atoms with Crippen LogP contribution in [0.4, 0.5) is 0 Å². The van der Waals surface area contributed by atoms with Crippen LogP contribution in [0, 0.1) is 0 Å². The molecule has 0 aliphatic carbocycles. The van der Waals surface area contributed by atoms with Crippen molar-refractivity contribution < 1.29 is 14.6 Å². The summed E-state index contributed by atoms with van der Waals surface area (Å²) in [5, 5.41) is 9.15. The monoisotopic (exact) mass is 238 g/mol. The lowest BCUT2D eigenvalue weighted by Crippen LogP contribution is -2.42. The normalized spacial score (nSPS) is 11.9. The minimum absolute atomic E-state index is 0.126. The zero-order valence-corrected chi connectivity index (χ0v) is 9.85. The molecular weight excluding hydrogens is 220 g/mol. The van der Waals surface area contributed by atoms with E-state index in [9.17, 15) is 4.79 Å². The molecule has 0 heterocycles. The molecule has 0 spiro atoms. The van der Waals surface area contributed by atoms with Gasteiger partial charge >= 0.3 is 0 Å². The molecule has 94 valence electrons. The van der Waals surface area contributed by atoms with Crippen molar-refractivity contribution in [3.05, 3.63) is 29.8 Å². The summed E-state index contributed by atoms with van der Waals surface area (Å²) in [4.78, 5) is 11.5. The maximum Gasteiger partial charge on any atom is 0.274 e. The van der Waals surface area contributed by atoms with Crippen LogP contribution in [0.5, 0.6) is 5.75 Å². The Bertz CT molecular complexity index is 369. The fourth-order valence-electron chi connectivity index (χ4n) is 1.50. The molecule has 0 aromatic heterocycles. The van der Waals surface area contributed by atoms with Crippen molar-refractivity contribution in [1.82, 2.24) is 5.43 Å². The molecule has 1 atom stereocenters. The molecule has 1 aromatic carbocycles. The standard InChI is InChI=1S/C12H18N2O3/c1-2-5-11(12(16)14-13)17-10-7-4-3-6-9(10)8-15/h3-4,6-7,11,15H,2,5,8,13H2,1H3,(H,14,16). The Morgan fingerprint density at radius 2 is 2.24 bits per heavy atom. The average Bonchev–Trinajstić information content (AvgIpc) is 2.38. The third kappa shape index (κ3) is 3.72. The van der Waals surface area contributed by atoms with Gasteiger partial charge in [0, 0.05) is 5.56 Å². The van der Waals surface area contributed by atoms with Crippen molar-refractivity contribution in [2.24, 2.45) is 5.84 Å². The van der Waals surface area contributed by atoms with E-state index in [4.69, 9.17) is 15.7 Å². The summed E-state index contributed by atoms with van der Waals surface area (Å²) in [6.07, 6.45) is 0.750. The van der Waals surface area contributed by atoms with Crippen molar-refractivity contribution in [2.45, 2.75) is 32.5 Å². The first-order chi connectivity index (χ1) is 8.22. The number of ether oxygens (including phenoxy) is 1. The van der Waals surface area contributed by atoms with Crippen LogP contribution in [0.3, 0.4) is 0 Å². The van der Waals surface area contributed by atoms with Gasteiger partial charge in [-0.3, -0.25) is 10.2 Å². The zero-order chi connectivity index (χ0) is 12.7. The van der Waals surface area contributed by atoms with Gasteiger partial charge in [-0.2, -0.15) is 0 Å². The number of hydrogen-bond acceptors (Lipinski definition) is 4. The van der Waals surface area contributed by atoms with Crippen LogP contribution >= 0.6 is 0 Å². The molecule has 0 aliphatic heterocycles. The number of amides is 1. The predicted molar refractivity (Wildman–Crippen MR) is 64.0 cm³/mol. The first-order valence-corrected chi connectivity index (χ1v) is 5.58. The van der Waals surface area contributed by atoms with Crippen LogP contribution in [-0.2, 0) is 11.4 Å². The highest BCUT2D eigenvalue weighted by atomic mass is 16.5. The smallest absolute Gasteiger partial charge is 0.274 e. The maximum atomic E-state index is 11.5. The summed E-state index contributed by atoms with van der Waals surface area (Å²) in [5.74, 6) is 5.25. The molecule has 4 N–H and O–H groups in total. The fraction of sp³-hybridized carbons (Fsp3) is 0.417. The van der Waals surface area contributed by atoms with E-state index in [1.54, 1.807) is 24.3 Å². The summed E-state index contributed by atoms with van der Waals surface area (Å²) < 4.78 is 5.58. The molecule has 1 amide bonds. The third-order valence-electron chi connectivity index (χ3n) is 2.40. The fourth-order valence-corrected chi connectivity index (χ4v) is 1.50. The summed E-state index contributed by atoms with van der Waals surface area (Å²) >= 11 is 0. The summed E-state index contributed by atoms with van der Waals surface area (Å²) in [6.45, 7) is 1.83. The maximum absolute atomic E-state index is 11.5. The van der Waals surface area contributed by atoms with E-state index in [1.165, 1.54) is 0 Å². The van der Waals surface area contributed by atoms with Gasteiger partial charge in [-0.15, -0.1) is 0 Å². The van der Waals surface area contributed by atoms with Gasteiger partial charge in [0.05, 0.1) is 6.61 Å². The van der Waals surface area contributed by atoms with Crippen molar-refractivity contribution in [3.8, 4) is 5.75 Å². The number of aliphatic hydroxyl groups is 1. The molecular formula is C12H18N2O3. The SMILES string of the molecule is CCCC(Oc1ccccc1CO)C(=O)NN. The van der Waals surface area contributed by atoms with Crippen LogP contribution < -0.4 is 16.0 Å². The van der Waals surface area contributed by atoms with Crippen LogP contribution in [0.25, 0.3) is 0 Å². The molecule has 1 aromatic rings. The predicted octanol–water partition coefficient (Wildman–Crippen LogP) is 0.716. The molecule has 0 saturated heterocycles. The Labute approximate surface area is 101 Å². The van der Waals surface area contributed by atoms with E-state index in [-0.39, 0.29) is 12.5 Å². The molecule has 1 rings (SSSR count). The van der Waals surface area contributed by atoms with Crippen LogP contribution in [0.15, 0.2) is 24.3 Å². The van der Waals surface area contributed by atoms with Crippen LogP contribution in [-0.4, -0.2) is 17.1 Å². The highest BCUT2D eigenvalue weighted by molar-refractivity contribution is 5.80. The highest BCUT2D eigenvalue weighted by Gasteiger charge is 2.19. The average molecular weight is 238 g/mol. The lowest BCUT2D eigenvalue weighted by molar-refractivity contribution is -0.128. The first kappa shape index (κ1) is 13.5. The number of hydrazine groups is 1. The second-order valence-electron chi connectivity index (χ2n) is 3.67. The van der Waals surface area contributed by atoms with Gasteiger partial charge in [0.1, 0.15) is 5.75 Å². The van der Waals surface area contributed by atoms with E-state index in [1.807, 2.05) is 6.92 Å². The van der Waals surface area contributed by atoms with Gasteiger partial charge in [-0.25, -0.2) is 5.84 Å². The molecule has 0 bridgehead atoms. The molecule has 5 heteroatoms. The van der Waals surface area contributed by atoms with Gasteiger partial charge in [0.25, 0.3) is 5.91 Å².